The number of imidazole rings is 1. The van der Waals surface area contributed by atoms with Crippen molar-refractivity contribution in [2.75, 3.05) is 29.6 Å². The Kier molecular flexibility index (Phi) is 5.57. The summed E-state index contributed by atoms with van der Waals surface area (Å²) in [5.41, 5.74) is 0.136. The standard InChI is InChI=1S/C19H27N5O5/c1-2-3-4-5-12(26)9-22-11-24(15-8-13(27)14(10-25)29-15)17-16(22)18(28)23-7-6-20-19(23)21-17/h6-7,13-15,25,27H,2-5,8-11H2,1H3,(H,20,21)/t13-,14+,15+/m0/s1. The lowest BCUT2D eigenvalue weighted by molar-refractivity contribution is -0.117. The minimum atomic E-state index is -0.792. The van der Waals surface area contributed by atoms with E-state index in [1.165, 1.54) is 10.6 Å². The van der Waals surface area contributed by atoms with E-state index in [0.29, 0.717) is 30.1 Å². The number of nitrogens with zero attached hydrogens (tertiary/aromatic N) is 4. The molecule has 2 aliphatic rings. The number of aliphatic hydroxyl groups is 2. The number of hydrogen-bond donors (Lipinski definition) is 3. The molecule has 3 N–H and O–H groups in total. The van der Waals surface area contributed by atoms with Crippen LogP contribution in [0.1, 0.15) is 39.0 Å². The third-order valence-corrected chi connectivity index (χ3v) is 5.60. The SMILES string of the molecule is CCCCCC(=O)CN1CN([C@H]2C[C@H](O)[C@@H](CO)O2)c2[nH]c3nccn3c(=O)c21. The fourth-order valence-electron chi connectivity index (χ4n) is 4.06. The van der Waals surface area contributed by atoms with Crippen molar-refractivity contribution in [2.45, 2.75) is 57.5 Å². The van der Waals surface area contributed by atoms with Gasteiger partial charge in [-0.2, -0.15) is 0 Å². The van der Waals surface area contributed by atoms with E-state index in [2.05, 4.69) is 16.9 Å². The van der Waals surface area contributed by atoms with Crippen LogP contribution in [0.25, 0.3) is 5.78 Å². The molecule has 4 heterocycles. The van der Waals surface area contributed by atoms with Gasteiger partial charge in [-0.3, -0.25) is 14.0 Å². The second-order valence-electron chi connectivity index (χ2n) is 7.67. The van der Waals surface area contributed by atoms with E-state index in [1.807, 2.05) is 4.90 Å². The first-order chi connectivity index (χ1) is 14.0. The van der Waals surface area contributed by atoms with Crippen LogP contribution < -0.4 is 15.4 Å². The number of unbranched alkanes of at least 4 members (excludes halogenated alkanes) is 2. The van der Waals surface area contributed by atoms with Crippen LogP contribution in [-0.2, 0) is 9.53 Å². The number of H-pyrrole nitrogens is 1. The van der Waals surface area contributed by atoms with Gasteiger partial charge >= 0.3 is 0 Å². The number of Topliss-reactive ketones (excluding diaryl/α,β-unsaturated/α-hetero) is 1. The Morgan fingerprint density at radius 3 is 2.97 bits per heavy atom. The molecular formula is C19H27N5O5. The van der Waals surface area contributed by atoms with Gasteiger partial charge in [-0.15, -0.1) is 0 Å². The summed E-state index contributed by atoms with van der Waals surface area (Å²) >= 11 is 0. The Balaban J connectivity index is 1.64. The van der Waals surface area contributed by atoms with Crippen LogP contribution in [0.2, 0.25) is 0 Å². The van der Waals surface area contributed by atoms with E-state index in [0.717, 1.165) is 19.3 Å². The highest BCUT2D eigenvalue weighted by atomic mass is 16.5. The predicted octanol–water partition coefficient (Wildman–Crippen LogP) is 0.224. The first kappa shape index (κ1) is 19.9. The second kappa shape index (κ2) is 8.13. The number of aromatic amines is 1. The molecule has 4 rings (SSSR count). The maximum atomic E-state index is 13.1. The molecule has 0 aliphatic carbocycles. The summed E-state index contributed by atoms with van der Waals surface area (Å²) in [5.74, 6) is 0.995. The third kappa shape index (κ3) is 3.63. The number of carbonyl (C=O) groups is 1. The van der Waals surface area contributed by atoms with E-state index in [1.54, 1.807) is 11.1 Å². The first-order valence-corrected chi connectivity index (χ1v) is 10.1. The molecule has 0 unspecified atom stereocenters. The van der Waals surface area contributed by atoms with Gasteiger partial charge in [0.25, 0.3) is 5.56 Å². The highest BCUT2D eigenvalue weighted by Crippen LogP contribution is 2.36. The molecule has 1 fully saturated rings. The van der Waals surface area contributed by atoms with Crippen LogP contribution in [0.5, 0.6) is 0 Å². The number of fused-ring (bicyclic) bond motifs is 2. The summed E-state index contributed by atoms with van der Waals surface area (Å²) in [6.07, 6.45) is 4.79. The van der Waals surface area contributed by atoms with Crippen molar-refractivity contribution < 1.29 is 19.7 Å². The largest absolute Gasteiger partial charge is 0.394 e. The number of aromatic nitrogens is 3. The van der Waals surface area contributed by atoms with E-state index in [-0.39, 0.29) is 31.2 Å². The minimum Gasteiger partial charge on any atom is -0.394 e. The van der Waals surface area contributed by atoms with Gasteiger partial charge in [0, 0.05) is 25.2 Å². The van der Waals surface area contributed by atoms with Crippen molar-refractivity contribution in [3.05, 3.63) is 22.7 Å². The number of carbonyl (C=O) groups excluding carboxylic acids is 1. The molecule has 2 aromatic heterocycles. The quantitative estimate of drug-likeness (QED) is 0.533. The molecular weight excluding hydrogens is 378 g/mol. The molecule has 2 aromatic rings. The van der Waals surface area contributed by atoms with Crippen molar-refractivity contribution in [3.63, 3.8) is 0 Å². The van der Waals surface area contributed by atoms with E-state index in [4.69, 9.17) is 4.74 Å². The zero-order valence-corrected chi connectivity index (χ0v) is 16.5. The van der Waals surface area contributed by atoms with Crippen molar-refractivity contribution in [1.29, 1.82) is 0 Å². The number of hydrogen-bond acceptors (Lipinski definition) is 8. The maximum Gasteiger partial charge on any atom is 0.284 e. The lowest BCUT2D eigenvalue weighted by Gasteiger charge is -2.26. The van der Waals surface area contributed by atoms with Crippen LogP contribution in [0, 0.1) is 0 Å². The smallest absolute Gasteiger partial charge is 0.284 e. The number of nitrogens with one attached hydrogen (secondary N) is 1. The Morgan fingerprint density at radius 2 is 2.24 bits per heavy atom. The predicted molar refractivity (Wildman–Crippen MR) is 106 cm³/mol. The summed E-state index contributed by atoms with van der Waals surface area (Å²) in [6, 6.07) is 0. The molecule has 0 bridgehead atoms. The molecule has 158 valence electrons. The summed E-state index contributed by atoms with van der Waals surface area (Å²) < 4.78 is 7.21. The van der Waals surface area contributed by atoms with Gasteiger partial charge in [-0.05, 0) is 6.42 Å². The zero-order valence-electron chi connectivity index (χ0n) is 16.5. The van der Waals surface area contributed by atoms with Crippen molar-refractivity contribution >= 4 is 23.1 Å². The molecule has 3 atom stereocenters. The maximum absolute atomic E-state index is 13.1. The Labute approximate surface area is 167 Å². The van der Waals surface area contributed by atoms with Gasteiger partial charge in [0.1, 0.15) is 23.8 Å². The summed E-state index contributed by atoms with van der Waals surface area (Å²) in [4.78, 5) is 36.5. The molecule has 0 amide bonds. The topological polar surface area (TPSA) is 123 Å². The molecule has 0 saturated carbocycles. The fourth-order valence-corrected chi connectivity index (χ4v) is 4.06. The van der Waals surface area contributed by atoms with Gasteiger partial charge < -0.3 is 29.7 Å². The van der Waals surface area contributed by atoms with Gasteiger partial charge in [0.05, 0.1) is 25.9 Å². The van der Waals surface area contributed by atoms with Crippen molar-refractivity contribution in [3.8, 4) is 0 Å². The van der Waals surface area contributed by atoms with Crippen molar-refractivity contribution in [2.24, 2.45) is 0 Å². The fraction of sp³-hybridized carbons (Fsp3) is 0.632. The van der Waals surface area contributed by atoms with E-state index in [9.17, 15) is 19.8 Å². The first-order valence-electron chi connectivity index (χ1n) is 10.1. The van der Waals surface area contributed by atoms with Crippen LogP contribution >= 0.6 is 0 Å². The lowest BCUT2D eigenvalue weighted by Crippen LogP contribution is -2.41. The van der Waals surface area contributed by atoms with Crippen molar-refractivity contribution in [1.82, 2.24) is 14.4 Å². The van der Waals surface area contributed by atoms with Gasteiger partial charge in [0.15, 0.2) is 5.78 Å². The molecule has 10 nitrogen and oxygen atoms in total. The number of ether oxygens (including phenoxy) is 1. The number of ketones is 1. The second-order valence-corrected chi connectivity index (χ2v) is 7.67. The average Bonchev–Trinajstić information content (AvgIpc) is 3.39. The molecule has 29 heavy (non-hydrogen) atoms. The van der Waals surface area contributed by atoms with Crippen LogP contribution in [0.3, 0.4) is 0 Å². The minimum absolute atomic E-state index is 0.0805. The average molecular weight is 405 g/mol. The Hall–Kier alpha value is -2.43. The summed E-state index contributed by atoms with van der Waals surface area (Å²) in [5, 5.41) is 19.5. The van der Waals surface area contributed by atoms with Gasteiger partial charge in [-0.25, -0.2) is 4.98 Å². The van der Waals surface area contributed by atoms with Crippen LogP contribution in [0.15, 0.2) is 17.2 Å². The third-order valence-electron chi connectivity index (χ3n) is 5.60. The highest BCUT2D eigenvalue weighted by Gasteiger charge is 2.42. The lowest BCUT2D eigenvalue weighted by atomic mass is 10.1. The molecule has 0 radical (unpaired) electrons. The van der Waals surface area contributed by atoms with Crippen LogP contribution in [0.4, 0.5) is 11.5 Å². The van der Waals surface area contributed by atoms with Gasteiger partial charge in [-0.1, -0.05) is 19.8 Å². The van der Waals surface area contributed by atoms with E-state index >= 15 is 0 Å². The number of rotatable bonds is 8. The molecule has 1 saturated heterocycles. The Bertz CT molecular complexity index is 941. The van der Waals surface area contributed by atoms with E-state index < -0.39 is 18.4 Å². The Morgan fingerprint density at radius 1 is 1.41 bits per heavy atom. The summed E-state index contributed by atoms with van der Waals surface area (Å²) in [7, 11) is 0. The highest BCUT2D eigenvalue weighted by molar-refractivity contribution is 5.86. The van der Waals surface area contributed by atoms with Crippen LogP contribution in [-0.4, -0.2) is 68.6 Å². The monoisotopic (exact) mass is 405 g/mol. The molecule has 2 aliphatic heterocycles. The molecule has 0 spiro atoms. The molecule has 10 heteroatoms. The summed E-state index contributed by atoms with van der Waals surface area (Å²) in [6.45, 7) is 2.22. The number of aliphatic hydroxyl groups excluding tert-OH is 2. The number of anilines is 2. The normalized spacial score (nSPS) is 23.9. The zero-order chi connectivity index (χ0) is 20.5. The molecule has 0 aromatic carbocycles. The van der Waals surface area contributed by atoms with Gasteiger partial charge in [0.2, 0.25) is 5.78 Å².